The Kier molecular flexibility index (Phi) is 6.07. The van der Waals surface area contributed by atoms with Crippen molar-refractivity contribution in [3.05, 3.63) is 12.2 Å². The molecule has 1 aromatic heterocycles. The molecule has 3 heterocycles. The van der Waals surface area contributed by atoms with Crippen molar-refractivity contribution in [3.8, 4) is 0 Å². The van der Waals surface area contributed by atoms with Gasteiger partial charge in [0.15, 0.2) is 5.96 Å². The SMILES string of the molecule is CCN1CCCCC1CNC(=NC)N1CCC(c2ncn[nH]2)CC1. The number of hydrogen-bond donors (Lipinski definition) is 2. The van der Waals surface area contributed by atoms with Gasteiger partial charge in [-0.2, -0.15) is 5.10 Å². The number of guanidine groups is 1. The first-order valence-corrected chi connectivity index (χ1v) is 9.36. The highest BCUT2D eigenvalue weighted by atomic mass is 15.3. The Morgan fingerprint density at radius 3 is 2.79 bits per heavy atom. The fourth-order valence-electron chi connectivity index (χ4n) is 4.03. The van der Waals surface area contributed by atoms with Gasteiger partial charge in [0.25, 0.3) is 0 Å². The third kappa shape index (κ3) is 4.06. The molecule has 1 atom stereocenters. The van der Waals surface area contributed by atoms with Crippen molar-refractivity contribution < 1.29 is 0 Å². The molecular formula is C17H31N7. The molecule has 0 amide bonds. The second-order valence-electron chi connectivity index (χ2n) is 6.84. The van der Waals surface area contributed by atoms with Gasteiger partial charge in [-0.15, -0.1) is 0 Å². The summed E-state index contributed by atoms with van der Waals surface area (Å²) in [5, 5.41) is 10.6. The molecule has 1 aromatic rings. The van der Waals surface area contributed by atoms with Gasteiger partial charge in [-0.25, -0.2) is 4.98 Å². The molecule has 2 N–H and O–H groups in total. The monoisotopic (exact) mass is 333 g/mol. The molecule has 1 unspecified atom stereocenters. The Balaban J connectivity index is 1.48. The van der Waals surface area contributed by atoms with Crippen molar-refractivity contribution in [2.24, 2.45) is 4.99 Å². The fraction of sp³-hybridized carbons (Fsp3) is 0.824. The van der Waals surface area contributed by atoms with Gasteiger partial charge in [0.2, 0.25) is 0 Å². The van der Waals surface area contributed by atoms with E-state index < -0.39 is 0 Å². The van der Waals surface area contributed by atoms with Gasteiger partial charge in [-0.1, -0.05) is 13.3 Å². The van der Waals surface area contributed by atoms with E-state index >= 15 is 0 Å². The van der Waals surface area contributed by atoms with Crippen LogP contribution in [0.3, 0.4) is 0 Å². The zero-order valence-electron chi connectivity index (χ0n) is 15.0. The molecule has 2 fully saturated rings. The number of likely N-dealkylation sites (N-methyl/N-ethyl adjacent to an activating group) is 1. The van der Waals surface area contributed by atoms with Crippen LogP contribution < -0.4 is 5.32 Å². The van der Waals surface area contributed by atoms with Crippen molar-refractivity contribution in [2.45, 2.75) is 51.0 Å². The number of likely N-dealkylation sites (tertiary alicyclic amines) is 2. The van der Waals surface area contributed by atoms with E-state index in [0.29, 0.717) is 12.0 Å². The van der Waals surface area contributed by atoms with Crippen molar-refractivity contribution in [3.63, 3.8) is 0 Å². The highest BCUT2D eigenvalue weighted by Crippen LogP contribution is 2.25. The Hall–Kier alpha value is -1.63. The van der Waals surface area contributed by atoms with Gasteiger partial charge in [0, 0.05) is 38.6 Å². The fourth-order valence-corrected chi connectivity index (χ4v) is 4.03. The van der Waals surface area contributed by atoms with E-state index in [0.717, 1.165) is 50.8 Å². The van der Waals surface area contributed by atoms with Crippen LogP contribution in [-0.4, -0.2) is 76.8 Å². The Bertz CT molecular complexity index is 505. The van der Waals surface area contributed by atoms with E-state index in [-0.39, 0.29) is 0 Å². The molecule has 0 aliphatic carbocycles. The molecule has 7 heteroatoms. The normalized spacial score (nSPS) is 24.3. The summed E-state index contributed by atoms with van der Waals surface area (Å²) < 4.78 is 0. The van der Waals surface area contributed by atoms with E-state index in [1.54, 1.807) is 6.33 Å². The average molecular weight is 333 g/mol. The van der Waals surface area contributed by atoms with Crippen LogP contribution in [0.1, 0.15) is 50.8 Å². The van der Waals surface area contributed by atoms with Gasteiger partial charge >= 0.3 is 0 Å². The minimum absolute atomic E-state index is 0.496. The van der Waals surface area contributed by atoms with Crippen LogP contribution in [0.4, 0.5) is 0 Å². The number of aromatic nitrogens is 3. The zero-order valence-corrected chi connectivity index (χ0v) is 15.0. The molecule has 3 rings (SSSR count). The largest absolute Gasteiger partial charge is 0.355 e. The first-order valence-electron chi connectivity index (χ1n) is 9.36. The third-order valence-electron chi connectivity index (χ3n) is 5.48. The number of hydrogen-bond acceptors (Lipinski definition) is 4. The number of nitrogens with one attached hydrogen (secondary N) is 2. The lowest BCUT2D eigenvalue weighted by Gasteiger charge is -2.37. The van der Waals surface area contributed by atoms with Gasteiger partial charge in [0.1, 0.15) is 12.2 Å². The van der Waals surface area contributed by atoms with Gasteiger partial charge in [0.05, 0.1) is 0 Å². The maximum atomic E-state index is 4.51. The molecule has 2 saturated heterocycles. The molecule has 2 aliphatic rings. The van der Waals surface area contributed by atoms with Crippen molar-refractivity contribution in [1.82, 2.24) is 30.3 Å². The summed E-state index contributed by atoms with van der Waals surface area (Å²) in [6, 6.07) is 0.646. The van der Waals surface area contributed by atoms with Gasteiger partial charge in [-0.05, 0) is 38.8 Å². The van der Waals surface area contributed by atoms with Crippen molar-refractivity contribution in [2.75, 3.05) is 39.8 Å². The van der Waals surface area contributed by atoms with Crippen LogP contribution in [0.5, 0.6) is 0 Å². The van der Waals surface area contributed by atoms with Crippen LogP contribution in [-0.2, 0) is 0 Å². The van der Waals surface area contributed by atoms with Crippen LogP contribution in [0.2, 0.25) is 0 Å². The maximum Gasteiger partial charge on any atom is 0.193 e. The molecule has 0 saturated carbocycles. The minimum Gasteiger partial charge on any atom is -0.355 e. The zero-order chi connectivity index (χ0) is 16.8. The Morgan fingerprint density at radius 1 is 1.29 bits per heavy atom. The number of aliphatic imine (C=N–C) groups is 1. The summed E-state index contributed by atoms with van der Waals surface area (Å²) >= 11 is 0. The third-order valence-corrected chi connectivity index (χ3v) is 5.48. The lowest BCUT2D eigenvalue weighted by molar-refractivity contribution is 0.156. The van der Waals surface area contributed by atoms with Gasteiger partial charge < -0.3 is 10.2 Å². The van der Waals surface area contributed by atoms with Crippen molar-refractivity contribution in [1.29, 1.82) is 0 Å². The summed E-state index contributed by atoms with van der Waals surface area (Å²) in [4.78, 5) is 13.8. The lowest BCUT2D eigenvalue weighted by atomic mass is 9.96. The first kappa shape index (κ1) is 17.2. The lowest BCUT2D eigenvalue weighted by Crippen LogP contribution is -2.51. The number of H-pyrrole nitrogens is 1. The standard InChI is InChI=1S/C17H31N7/c1-3-23-9-5-4-6-15(23)12-19-17(18-2)24-10-7-14(8-11-24)16-20-13-21-22-16/h13-15H,3-12H2,1-2H3,(H,18,19)(H,20,21,22). The predicted molar refractivity (Wildman–Crippen MR) is 96.2 cm³/mol. The van der Waals surface area contributed by atoms with Gasteiger partial charge in [-0.3, -0.25) is 15.0 Å². The smallest absolute Gasteiger partial charge is 0.193 e. The van der Waals surface area contributed by atoms with Crippen LogP contribution in [0, 0.1) is 0 Å². The summed E-state index contributed by atoms with van der Waals surface area (Å²) in [5.74, 6) is 2.57. The van der Waals surface area contributed by atoms with E-state index in [1.165, 1.54) is 25.8 Å². The number of rotatable bonds is 4. The van der Waals surface area contributed by atoms with E-state index in [4.69, 9.17) is 0 Å². The molecule has 24 heavy (non-hydrogen) atoms. The minimum atomic E-state index is 0.496. The van der Waals surface area contributed by atoms with E-state index in [1.807, 2.05) is 7.05 Å². The molecule has 0 spiro atoms. The predicted octanol–water partition coefficient (Wildman–Crippen LogP) is 1.43. The topological polar surface area (TPSA) is 72.4 Å². The summed E-state index contributed by atoms with van der Waals surface area (Å²) in [7, 11) is 1.89. The Labute approximate surface area is 144 Å². The van der Waals surface area contributed by atoms with Crippen LogP contribution in [0.25, 0.3) is 0 Å². The number of piperidine rings is 2. The summed E-state index contributed by atoms with van der Waals surface area (Å²) in [6.07, 6.45) is 7.79. The summed E-state index contributed by atoms with van der Waals surface area (Å²) in [6.45, 7) is 7.70. The Morgan fingerprint density at radius 2 is 2.12 bits per heavy atom. The molecule has 0 aromatic carbocycles. The van der Waals surface area contributed by atoms with E-state index in [9.17, 15) is 0 Å². The molecule has 7 nitrogen and oxygen atoms in total. The second-order valence-corrected chi connectivity index (χ2v) is 6.84. The second kappa shape index (κ2) is 8.46. The number of aromatic amines is 1. The van der Waals surface area contributed by atoms with Crippen molar-refractivity contribution >= 4 is 5.96 Å². The molecule has 0 bridgehead atoms. The van der Waals surface area contributed by atoms with Crippen LogP contribution >= 0.6 is 0 Å². The molecule has 2 aliphatic heterocycles. The summed E-state index contributed by atoms with van der Waals surface area (Å²) in [5.41, 5.74) is 0. The molecule has 0 radical (unpaired) electrons. The average Bonchev–Trinajstić information content (AvgIpc) is 3.18. The highest BCUT2D eigenvalue weighted by molar-refractivity contribution is 5.80. The quantitative estimate of drug-likeness (QED) is 0.644. The molecule has 134 valence electrons. The number of nitrogens with zero attached hydrogens (tertiary/aromatic N) is 5. The first-order chi connectivity index (χ1) is 11.8. The van der Waals surface area contributed by atoms with Crippen LogP contribution in [0.15, 0.2) is 11.3 Å². The highest BCUT2D eigenvalue weighted by Gasteiger charge is 2.26. The molecular weight excluding hydrogens is 302 g/mol. The van der Waals surface area contributed by atoms with E-state index in [2.05, 4.69) is 42.2 Å². The maximum absolute atomic E-state index is 4.51.